The predicted octanol–water partition coefficient (Wildman–Crippen LogP) is 3.38. The van der Waals surface area contributed by atoms with E-state index in [-0.39, 0.29) is 22.4 Å². The van der Waals surface area contributed by atoms with Crippen molar-refractivity contribution in [2.24, 2.45) is 0 Å². The highest BCUT2D eigenvalue weighted by molar-refractivity contribution is 7.99. The van der Waals surface area contributed by atoms with E-state index in [0.29, 0.717) is 18.2 Å². The zero-order chi connectivity index (χ0) is 15.4. The van der Waals surface area contributed by atoms with Gasteiger partial charge in [-0.15, -0.1) is 0 Å². The van der Waals surface area contributed by atoms with Gasteiger partial charge in [-0.1, -0.05) is 36.7 Å². The number of nitrogens with zero attached hydrogens (tertiary/aromatic N) is 1. The van der Waals surface area contributed by atoms with Crippen molar-refractivity contribution in [1.29, 1.82) is 0 Å². The fourth-order valence-corrected chi connectivity index (χ4v) is 3.36. The van der Waals surface area contributed by atoms with E-state index in [4.69, 9.17) is 0 Å². The molecule has 0 heterocycles. The van der Waals surface area contributed by atoms with Gasteiger partial charge in [0.1, 0.15) is 0 Å². The first kappa shape index (κ1) is 16.2. The topological polar surface area (TPSA) is 40.5 Å². The summed E-state index contributed by atoms with van der Waals surface area (Å²) in [5.41, 5.74) is 0.267. The molecule has 0 aromatic heterocycles. The van der Waals surface area contributed by atoms with Gasteiger partial charge in [0.25, 0.3) is 11.7 Å². The van der Waals surface area contributed by atoms with Crippen molar-refractivity contribution in [2.75, 3.05) is 7.05 Å². The van der Waals surface area contributed by atoms with Crippen LogP contribution in [0.2, 0.25) is 0 Å². The normalized spacial score (nSPS) is 22.3. The number of halogens is 2. The van der Waals surface area contributed by atoms with Gasteiger partial charge in [-0.25, -0.2) is 0 Å². The number of aliphatic hydroxyl groups is 1. The number of hydrogen-bond acceptors (Lipinski definition) is 3. The highest BCUT2D eigenvalue weighted by Gasteiger charge is 2.30. The second-order valence-corrected chi connectivity index (χ2v) is 6.24. The van der Waals surface area contributed by atoms with Crippen LogP contribution in [0.25, 0.3) is 0 Å². The van der Waals surface area contributed by atoms with Crippen molar-refractivity contribution in [3.63, 3.8) is 0 Å². The van der Waals surface area contributed by atoms with Crippen LogP contribution in [-0.4, -0.2) is 40.9 Å². The molecule has 6 heteroatoms. The molecule has 21 heavy (non-hydrogen) atoms. The molecule has 0 saturated heterocycles. The van der Waals surface area contributed by atoms with Crippen LogP contribution in [-0.2, 0) is 0 Å². The van der Waals surface area contributed by atoms with Crippen molar-refractivity contribution >= 4 is 17.7 Å². The van der Waals surface area contributed by atoms with Crippen molar-refractivity contribution in [2.45, 2.75) is 48.5 Å². The molecule has 1 aromatic carbocycles. The lowest BCUT2D eigenvalue weighted by molar-refractivity contribution is 0.0266. The molecule has 0 radical (unpaired) electrons. The lowest BCUT2D eigenvalue weighted by atomic mass is 9.91. The van der Waals surface area contributed by atoms with Crippen LogP contribution in [0, 0.1) is 0 Å². The van der Waals surface area contributed by atoms with E-state index < -0.39 is 11.9 Å². The Morgan fingerprint density at radius 1 is 1.33 bits per heavy atom. The van der Waals surface area contributed by atoms with E-state index in [2.05, 4.69) is 0 Å². The maximum absolute atomic E-state index is 12.6. The number of alkyl halides is 2. The van der Waals surface area contributed by atoms with Crippen LogP contribution in [0.1, 0.15) is 36.0 Å². The first-order valence-electron chi connectivity index (χ1n) is 6.99. The average Bonchev–Trinajstić information content (AvgIpc) is 2.46. The molecule has 116 valence electrons. The number of aliphatic hydroxyl groups excluding tert-OH is 1. The molecular formula is C15H19F2NO2S. The molecule has 0 bridgehead atoms. The fourth-order valence-electron chi connectivity index (χ4n) is 2.73. The van der Waals surface area contributed by atoms with Crippen molar-refractivity contribution < 1.29 is 18.7 Å². The summed E-state index contributed by atoms with van der Waals surface area (Å²) in [6.45, 7) is 0. The summed E-state index contributed by atoms with van der Waals surface area (Å²) in [4.78, 5) is 14.3. The Kier molecular flexibility index (Phi) is 5.58. The van der Waals surface area contributed by atoms with Crippen LogP contribution < -0.4 is 0 Å². The molecule has 1 aliphatic carbocycles. The lowest BCUT2D eigenvalue weighted by Gasteiger charge is -2.35. The smallest absolute Gasteiger partial charge is 0.288 e. The Hall–Kier alpha value is -1.14. The van der Waals surface area contributed by atoms with Crippen LogP contribution >= 0.6 is 11.8 Å². The number of benzene rings is 1. The third kappa shape index (κ3) is 3.95. The number of thioether (sulfide) groups is 1. The van der Waals surface area contributed by atoms with Gasteiger partial charge in [-0.3, -0.25) is 4.79 Å². The highest BCUT2D eigenvalue weighted by Crippen LogP contribution is 2.30. The number of carbonyl (C=O) groups is 1. The minimum Gasteiger partial charge on any atom is -0.391 e. The number of rotatable bonds is 4. The monoisotopic (exact) mass is 315 g/mol. The quantitative estimate of drug-likeness (QED) is 0.866. The van der Waals surface area contributed by atoms with Crippen LogP contribution in [0.15, 0.2) is 29.2 Å². The number of amides is 1. The molecule has 2 rings (SSSR count). The minimum absolute atomic E-state index is 0.240. The zero-order valence-electron chi connectivity index (χ0n) is 11.8. The Morgan fingerprint density at radius 2 is 2.00 bits per heavy atom. The average molecular weight is 315 g/mol. The largest absolute Gasteiger partial charge is 0.391 e. The molecule has 0 aliphatic heterocycles. The maximum atomic E-state index is 12.6. The van der Waals surface area contributed by atoms with Gasteiger partial charge in [0.05, 0.1) is 17.7 Å². The Bertz CT molecular complexity index is 498. The summed E-state index contributed by atoms with van der Waals surface area (Å²) >= 11 is 0.375. The summed E-state index contributed by atoms with van der Waals surface area (Å²) in [5, 5.41) is 10.0. The van der Waals surface area contributed by atoms with E-state index in [1.807, 2.05) is 0 Å². The number of likely N-dealkylation sites (N-methyl/N-ethyl adjacent to an activating group) is 1. The first-order chi connectivity index (χ1) is 10.0. The van der Waals surface area contributed by atoms with E-state index >= 15 is 0 Å². The molecule has 1 aliphatic rings. The van der Waals surface area contributed by atoms with Crippen molar-refractivity contribution in [3.05, 3.63) is 29.8 Å². The predicted molar refractivity (Wildman–Crippen MR) is 78.7 cm³/mol. The van der Waals surface area contributed by atoms with Gasteiger partial charge in [0, 0.05) is 11.9 Å². The first-order valence-corrected chi connectivity index (χ1v) is 7.87. The van der Waals surface area contributed by atoms with Crippen LogP contribution in [0.3, 0.4) is 0 Å². The van der Waals surface area contributed by atoms with Gasteiger partial charge in [0.2, 0.25) is 0 Å². The van der Waals surface area contributed by atoms with E-state index in [9.17, 15) is 18.7 Å². The van der Waals surface area contributed by atoms with Gasteiger partial charge >= 0.3 is 0 Å². The highest BCUT2D eigenvalue weighted by atomic mass is 32.2. The minimum atomic E-state index is -2.57. The summed E-state index contributed by atoms with van der Waals surface area (Å²) in [6, 6.07) is 6.13. The second kappa shape index (κ2) is 7.22. The molecule has 3 nitrogen and oxygen atoms in total. The molecule has 2 atom stereocenters. The van der Waals surface area contributed by atoms with Gasteiger partial charge in [-0.05, 0) is 25.0 Å². The van der Waals surface area contributed by atoms with E-state index in [1.165, 1.54) is 11.0 Å². The number of hydrogen-bond donors (Lipinski definition) is 1. The number of carbonyl (C=O) groups excluding carboxylic acids is 1. The summed E-state index contributed by atoms with van der Waals surface area (Å²) < 4.78 is 25.2. The van der Waals surface area contributed by atoms with E-state index in [1.54, 1.807) is 25.2 Å². The second-order valence-electron chi connectivity index (χ2n) is 5.21. The van der Waals surface area contributed by atoms with Crippen molar-refractivity contribution in [1.82, 2.24) is 4.90 Å². The van der Waals surface area contributed by atoms with E-state index in [0.717, 1.165) is 19.3 Å². The van der Waals surface area contributed by atoms with Gasteiger partial charge in [-0.2, -0.15) is 8.78 Å². The third-order valence-corrected chi connectivity index (χ3v) is 4.63. The molecular weight excluding hydrogens is 296 g/mol. The summed E-state index contributed by atoms with van der Waals surface area (Å²) in [6.07, 6.45) is 2.80. The molecule has 0 spiro atoms. The van der Waals surface area contributed by atoms with Gasteiger partial charge in [0.15, 0.2) is 0 Å². The molecule has 1 amide bonds. The molecule has 1 saturated carbocycles. The Morgan fingerprint density at radius 3 is 2.67 bits per heavy atom. The van der Waals surface area contributed by atoms with Crippen molar-refractivity contribution in [3.8, 4) is 0 Å². The Labute approximate surface area is 127 Å². The maximum Gasteiger partial charge on any atom is 0.288 e. The SMILES string of the molecule is CN(C(=O)c1ccccc1SC(F)F)C1CCCCC1O. The summed E-state index contributed by atoms with van der Waals surface area (Å²) in [7, 11) is 1.63. The third-order valence-electron chi connectivity index (χ3n) is 3.85. The van der Waals surface area contributed by atoms with Crippen LogP contribution in [0.5, 0.6) is 0 Å². The zero-order valence-corrected chi connectivity index (χ0v) is 12.7. The lowest BCUT2D eigenvalue weighted by Crippen LogP contribution is -2.46. The molecule has 2 unspecified atom stereocenters. The molecule has 1 aromatic rings. The van der Waals surface area contributed by atoms with Gasteiger partial charge < -0.3 is 10.0 Å². The fraction of sp³-hybridized carbons (Fsp3) is 0.533. The Balaban J connectivity index is 2.19. The standard InChI is InChI=1S/C15H19F2NO2S/c1-18(11-7-3-4-8-12(11)19)14(20)10-6-2-5-9-13(10)21-15(16)17/h2,5-6,9,11-12,15,19H,3-4,7-8H2,1H3. The summed E-state index contributed by atoms with van der Waals surface area (Å²) in [5.74, 6) is -2.88. The molecule has 1 N–H and O–H groups in total. The van der Waals surface area contributed by atoms with Crippen LogP contribution in [0.4, 0.5) is 8.78 Å². The molecule has 1 fully saturated rings.